The molecule has 2 aliphatic carbocycles. The zero-order chi connectivity index (χ0) is 22.6. The van der Waals surface area contributed by atoms with Gasteiger partial charge in [-0.1, -0.05) is 36.8 Å². The fourth-order valence-electron chi connectivity index (χ4n) is 4.95. The number of hydrogen-bond acceptors (Lipinski definition) is 7. The van der Waals surface area contributed by atoms with Crippen LogP contribution in [0.15, 0.2) is 41.7 Å². The van der Waals surface area contributed by atoms with Crippen LogP contribution in [0.5, 0.6) is 0 Å². The van der Waals surface area contributed by atoms with E-state index in [0.717, 1.165) is 37.7 Å². The molecular weight excluding hydrogens is 431 g/mol. The molecule has 1 aromatic rings. The van der Waals surface area contributed by atoms with E-state index in [2.05, 4.69) is 0 Å². The van der Waals surface area contributed by atoms with Gasteiger partial charge in [0, 0.05) is 25.1 Å². The van der Waals surface area contributed by atoms with Gasteiger partial charge >= 0.3 is 7.60 Å². The molecule has 0 aromatic heterocycles. The molecule has 0 amide bonds. The Hall–Kier alpha value is -1.05. The van der Waals surface area contributed by atoms with Crippen LogP contribution in [0.25, 0.3) is 0 Å². The highest BCUT2D eigenvalue weighted by atomic mass is 31.2. The molecule has 1 aromatic carbocycles. The first-order valence-electron chi connectivity index (χ1n) is 11.8. The van der Waals surface area contributed by atoms with E-state index in [4.69, 9.17) is 23.3 Å². The molecule has 1 aliphatic heterocycles. The lowest BCUT2D eigenvalue weighted by Gasteiger charge is -2.37. The fraction of sp³-hybridized carbons (Fsp3) is 0.667. The van der Waals surface area contributed by atoms with Crippen LogP contribution in [0.4, 0.5) is 0 Å². The summed E-state index contributed by atoms with van der Waals surface area (Å²) in [6, 6.07) is 9.87. The summed E-state index contributed by atoms with van der Waals surface area (Å²) in [6.07, 6.45) is 2.82. The predicted octanol–water partition coefficient (Wildman–Crippen LogP) is 4.93. The number of rotatable bonds is 8. The highest BCUT2D eigenvalue weighted by Gasteiger charge is 2.56. The van der Waals surface area contributed by atoms with Crippen molar-refractivity contribution in [1.82, 2.24) is 0 Å². The third kappa shape index (κ3) is 5.36. The molecule has 1 spiro atoms. The van der Waals surface area contributed by atoms with Crippen molar-refractivity contribution in [1.29, 1.82) is 0 Å². The summed E-state index contributed by atoms with van der Waals surface area (Å²) in [7, 11) is -3.45. The lowest BCUT2D eigenvalue weighted by Crippen LogP contribution is -2.50. The maximum absolute atomic E-state index is 13.2. The molecule has 3 aliphatic rings. The van der Waals surface area contributed by atoms with Gasteiger partial charge in [0.05, 0.1) is 25.9 Å². The van der Waals surface area contributed by atoms with Gasteiger partial charge < -0.3 is 28.4 Å². The first-order chi connectivity index (χ1) is 15.5. The van der Waals surface area contributed by atoms with Gasteiger partial charge in [0.1, 0.15) is 18.3 Å². The van der Waals surface area contributed by atoms with E-state index in [9.17, 15) is 9.67 Å². The second kappa shape index (κ2) is 10.5. The summed E-state index contributed by atoms with van der Waals surface area (Å²) >= 11 is 0. The van der Waals surface area contributed by atoms with Crippen LogP contribution in [-0.4, -0.2) is 48.5 Å². The molecule has 7 nitrogen and oxygen atoms in total. The Labute approximate surface area is 190 Å². The summed E-state index contributed by atoms with van der Waals surface area (Å²) < 4.78 is 43.4. The van der Waals surface area contributed by atoms with Gasteiger partial charge in [-0.2, -0.15) is 0 Å². The molecule has 4 atom stereocenters. The van der Waals surface area contributed by atoms with Crippen molar-refractivity contribution in [3.8, 4) is 0 Å². The minimum atomic E-state index is -3.45. The Morgan fingerprint density at radius 2 is 1.78 bits per heavy atom. The smallest absolute Gasteiger partial charge is 0.354 e. The molecule has 4 rings (SSSR count). The number of hydrogen-bond donors (Lipinski definition) is 1. The zero-order valence-electron chi connectivity index (χ0n) is 19.0. The van der Waals surface area contributed by atoms with Gasteiger partial charge in [-0.05, 0) is 37.8 Å². The van der Waals surface area contributed by atoms with E-state index < -0.39 is 37.8 Å². The third-order valence-corrected chi connectivity index (χ3v) is 8.23. The molecule has 1 saturated heterocycles. The Morgan fingerprint density at radius 1 is 1.09 bits per heavy atom. The van der Waals surface area contributed by atoms with E-state index in [1.807, 2.05) is 30.3 Å². The van der Waals surface area contributed by atoms with Crippen molar-refractivity contribution in [2.75, 3.05) is 13.2 Å². The first kappa shape index (κ1) is 24.1. The number of aliphatic hydroxyl groups excluding tert-OH is 1. The quantitative estimate of drug-likeness (QED) is 0.544. The van der Waals surface area contributed by atoms with E-state index in [1.165, 1.54) is 0 Å². The lowest BCUT2D eigenvalue weighted by molar-refractivity contribution is -0.206. The second-order valence-corrected chi connectivity index (χ2v) is 10.6. The number of benzene rings is 1. The molecule has 2 saturated carbocycles. The summed E-state index contributed by atoms with van der Waals surface area (Å²) in [4.78, 5) is 0. The summed E-state index contributed by atoms with van der Waals surface area (Å²) in [5.74, 6) is 0.867. The van der Waals surface area contributed by atoms with Crippen molar-refractivity contribution in [2.45, 2.75) is 89.2 Å². The maximum atomic E-state index is 13.2. The largest absolute Gasteiger partial charge is 0.390 e. The molecule has 3 fully saturated rings. The minimum absolute atomic E-state index is 0.266. The van der Waals surface area contributed by atoms with Gasteiger partial charge in [-0.25, -0.2) is 0 Å². The average Bonchev–Trinajstić information content (AvgIpc) is 3.13. The van der Waals surface area contributed by atoms with Gasteiger partial charge in [-0.15, -0.1) is 0 Å². The van der Waals surface area contributed by atoms with Crippen LogP contribution in [-0.2, 0) is 34.4 Å². The maximum Gasteiger partial charge on any atom is 0.354 e. The normalized spacial score (nSPS) is 31.2. The molecule has 178 valence electrons. The van der Waals surface area contributed by atoms with Gasteiger partial charge in [0.2, 0.25) is 0 Å². The Kier molecular flexibility index (Phi) is 7.89. The third-order valence-electron chi connectivity index (χ3n) is 6.35. The minimum Gasteiger partial charge on any atom is -0.390 e. The molecule has 32 heavy (non-hydrogen) atoms. The van der Waals surface area contributed by atoms with Crippen LogP contribution >= 0.6 is 7.60 Å². The zero-order valence-corrected chi connectivity index (χ0v) is 19.9. The Balaban J connectivity index is 1.60. The number of ether oxygens (including phenoxy) is 3. The standard InChI is InChI=1S/C24H35O7P/c1-3-28-32(26,29-4-2)17-19-15-20(25)22(27-16-18-11-7-5-8-12-18)23-21(19)30-24(31-23)13-9-6-10-14-24/h5,7-8,11-12,17,20-23,25H,3-4,6,9-10,13-16H2,1-2H3/b19-17+/t20-,21+,22+,23+/m1/s1. The Bertz CT molecular complexity index is 811. The van der Waals surface area contributed by atoms with Crippen molar-refractivity contribution in [3.05, 3.63) is 47.3 Å². The van der Waals surface area contributed by atoms with E-state index in [1.54, 1.807) is 19.7 Å². The topological polar surface area (TPSA) is 83.5 Å². The van der Waals surface area contributed by atoms with Crippen LogP contribution < -0.4 is 0 Å². The molecule has 1 heterocycles. The van der Waals surface area contributed by atoms with Crippen molar-refractivity contribution < 1.29 is 32.9 Å². The van der Waals surface area contributed by atoms with Crippen molar-refractivity contribution >= 4 is 7.60 Å². The van der Waals surface area contributed by atoms with E-state index >= 15 is 0 Å². The van der Waals surface area contributed by atoms with Crippen LogP contribution in [0.2, 0.25) is 0 Å². The second-order valence-electron chi connectivity index (χ2n) is 8.70. The average molecular weight is 467 g/mol. The van der Waals surface area contributed by atoms with Crippen molar-refractivity contribution in [2.24, 2.45) is 0 Å². The molecular formula is C24H35O7P. The molecule has 8 heteroatoms. The van der Waals surface area contributed by atoms with Crippen LogP contribution in [0, 0.1) is 0 Å². The predicted molar refractivity (Wildman–Crippen MR) is 120 cm³/mol. The number of fused-ring (bicyclic) bond motifs is 1. The molecule has 0 radical (unpaired) electrons. The molecule has 0 unspecified atom stereocenters. The SMILES string of the molecule is CCOP(=O)(/C=C1\C[C@@H](O)[C@H](OCc2ccccc2)[C@H]2OC3(CCCCC3)O[C@@H]12)OCC. The van der Waals surface area contributed by atoms with Gasteiger partial charge in [0.15, 0.2) is 5.79 Å². The van der Waals surface area contributed by atoms with Crippen molar-refractivity contribution in [3.63, 3.8) is 0 Å². The van der Waals surface area contributed by atoms with E-state index in [-0.39, 0.29) is 19.6 Å². The summed E-state index contributed by atoms with van der Waals surface area (Å²) in [5, 5.41) is 11.0. The first-order valence-corrected chi connectivity index (χ1v) is 13.4. The highest BCUT2D eigenvalue weighted by Crippen LogP contribution is 2.54. The van der Waals surface area contributed by atoms with E-state index in [0.29, 0.717) is 12.2 Å². The Morgan fingerprint density at radius 3 is 2.44 bits per heavy atom. The molecule has 1 N–H and O–H groups in total. The molecule has 0 bridgehead atoms. The monoisotopic (exact) mass is 466 g/mol. The summed E-state index contributed by atoms with van der Waals surface area (Å²) in [6.45, 7) is 4.46. The highest BCUT2D eigenvalue weighted by molar-refractivity contribution is 7.57. The lowest BCUT2D eigenvalue weighted by atomic mass is 9.86. The van der Waals surface area contributed by atoms with Gasteiger partial charge in [-0.3, -0.25) is 4.57 Å². The van der Waals surface area contributed by atoms with Crippen LogP contribution in [0.1, 0.15) is 57.9 Å². The summed E-state index contributed by atoms with van der Waals surface area (Å²) in [5.41, 5.74) is 1.73. The number of aliphatic hydroxyl groups is 1. The van der Waals surface area contributed by atoms with Crippen LogP contribution in [0.3, 0.4) is 0 Å². The fourth-order valence-corrected chi connectivity index (χ4v) is 6.56. The van der Waals surface area contributed by atoms with Gasteiger partial charge in [0.25, 0.3) is 0 Å².